The molecule has 0 aromatic heterocycles. The standard InChI is InChI=1S/C24H31O4Si.U/c1-18-24(22(25-5)21(28-18)16-26-24)17-27-29(23(2,3)4,19-12-8-6-9-13-19)20-14-10-7-11-15-20;/h6-16,18,21-22H,17H2,1-5H3;/q-1;/t18-,21-,22-,24-;/m0./s1. The van der Waals surface area contributed by atoms with E-state index in [9.17, 15) is 0 Å². The van der Waals surface area contributed by atoms with Gasteiger partial charge < -0.3 is 18.6 Å². The molecular weight excluding hydrogens is 618 g/mol. The summed E-state index contributed by atoms with van der Waals surface area (Å²) in [4.78, 5) is 0. The van der Waals surface area contributed by atoms with Crippen molar-refractivity contribution in [2.24, 2.45) is 0 Å². The SMILES string of the molecule is CO[C@H]1[C@@H]2[CH-]O[C@@]1(CO[Si](c1ccccc1)(c1ccccc1)C(C)(C)C)[C@H](C)O2.[U]. The average molecular weight is 650 g/mol. The van der Waals surface area contributed by atoms with E-state index < -0.39 is 13.9 Å². The van der Waals surface area contributed by atoms with E-state index in [-0.39, 0.29) is 54.5 Å². The minimum Gasteiger partial charge on any atom is -0.539 e. The molecular formula is C24H31O4SiU-. The van der Waals surface area contributed by atoms with E-state index in [4.69, 9.17) is 18.6 Å². The minimum absolute atomic E-state index is 0. The monoisotopic (exact) mass is 649 g/mol. The van der Waals surface area contributed by atoms with E-state index in [1.807, 2.05) is 6.92 Å². The zero-order valence-corrected chi connectivity index (χ0v) is 23.6. The van der Waals surface area contributed by atoms with Gasteiger partial charge in [-0.1, -0.05) is 81.4 Å². The van der Waals surface area contributed by atoms with Crippen molar-refractivity contribution in [1.82, 2.24) is 0 Å². The molecule has 2 aliphatic heterocycles. The number of methoxy groups -OCH3 is 1. The first-order valence-corrected chi connectivity index (χ1v) is 12.2. The molecule has 0 radical (unpaired) electrons. The number of ether oxygens (including phenoxy) is 3. The fourth-order valence-corrected chi connectivity index (χ4v) is 9.54. The van der Waals surface area contributed by atoms with Crippen LogP contribution in [0.5, 0.6) is 0 Å². The van der Waals surface area contributed by atoms with Crippen molar-refractivity contribution in [3.05, 3.63) is 67.3 Å². The van der Waals surface area contributed by atoms with Crippen LogP contribution in [-0.2, 0) is 18.6 Å². The zero-order valence-electron chi connectivity index (χ0n) is 18.4. The summed E-state index contributed by atoms with van der Waals surface area (Å²) in [5.74, 6) is 0. The Labute approximate surface area is 205 Å². The Morgan fingerprint density at radius 2 is 1.53 bits per heavy atom. The van der Waals surface area contributed by atoms with Crippen molar-refractivity contribution in [3.8, 4) is 0 Å². The molecule has 4 atom stereocenters. The molecule has 2 saturated heterocycles. The van der Waals surface area contributed by atoms with Crippen LogP contribution in [0.4, 0.5) is 0 Å². The quantitative estimate of drug-likeness (QED) is 0.356. The van der Waals surface area contributed by atoms with Crippen molar-refractivity contribution >= 4 is 18.7 Å². The first-order valence-electron chi connectivity index (χ1n) is 10.3. The largest absolute Gasteiger partial charge is 0.539 e. The van der Waals surface area contributed by atoms with E-state index in [0.29, 0.717) is 6.61 Å². The third kappa shape index (κ3) is 3.79. The summed E-state index contributed by atoms with van der Waals surface area (Å²) < 4.78 is 25.1. The Morgan fingerprint density at radius 3 is 1.97 bits per heavy atom. The predicted molar refractivity (Wildman–Crippen MR) is 117 cm³/mol. The first-order chi connectivity index (χ1) is 13.8. The molecule has 160 valence electrons. The number of hydrogen-bond donors (Lipinski definition) is 0. The maximum Gasteiger partial charge on any atom is 0.261 e. The molecule has 0 saturated carbocycles. The van der Waals surface area contributed by atoms with Gasteiger partial charge in [0, 0.05) is 38.2 Å². The van der Waals surface area contributed by atoms with E-state index in [1.165, 1.54) is 10.4 Å². The smallest absolute Gasteiger partial charge is 0.261 e. The van der Waals surface area contributed by atoms with Crippen molar-refractivity contribution in [2.75, 3.05) is 13.7 Å². The van der Waals surface area contributed by atoms with Crippen LogP contribution >= 0.6 is 0 Å². The molecule has 0 spiro atoms. The third-order valence-corrected chi connectivity index (χ3v) is 11.4. The van der Waals surface area contributed by atoms with Gasteiger partial charge in [0.2, 0.25) is 0 Å². The average Bonchev–Trinajstić information content (AvgIpc) is 3.19. The fourth-order valence-electron chi connectivity index (χ4n) is 4.94. The van der Waals surface area contributed by atoms with Gasteiger partial charge in [-0.05, 0) is 28.4 Å². The van der Waals surface area contributed by atoms with Crippen LogP contribution < -0.4 is 10.4 Å². The van der Waals surface area contributed by atoms with Gasteiger partial charge in [0.05, 0.1) is 18.8 Å². The maximum absolute atomic E-state index is 7.11. The van der Waals surface area contributed by atoms with Crippen molar-refractivity contribution in [1.29, 1.82) is 0 Å². The van der Waals surface area contributed by atoms with Crippen LogP contribution in [0.1, 0.15) is 27.7 Å². The summed E-state index contributed by atoms with van der Waals surface area (Å²) in [5, 5.41) is 2.43. The second-order valence-corrected chi connectivity index (χ2v) is 13.4. The molecule has 30 heavy (non-hydrogen) atoms. The summed E-state index contributed by atoms with van der Waals surface area (Å²) in [5.41, 5.74) is -0.619. The van der Waals surface area contributed by atoms with E-state index >= 15 is 0 Å². The molecule has 0 unspecified atom stereocenters. The summed E-state index contributed by atoms with van der Waals surface area (Å²) in [6.07, 6.45) is -0.394. The van der Waals surface area contributed by atoms with Gasteiger partial charge in [-0.2, -0.15) is 6.61 Å². The molecule has 0 N–H and O–H groups in total. The van der Waals surface area contributed by atoms with Crippen LogP contribution in [0.2, 0.25) is 5.04 Å². The molecule has 6 heteroatoms. The molecule has 2 heterocycles. The Bertz CT molecular complexity index is 787. The summed E-state index contributed by atoms with van der Waals surface area (Å²) in [6, 6.07) is 21.3. The van der Waals surface area contributed by atoms with E-state index in [0.717, 1.165) is 0 Å². The summed E-state index contributed by atoms with van der Waals surface area (Å²) in [6.45, 7) is 11.1. The molecule has 2 bridgehead atoms. The topological polar surface area (TPSA) is 36.9 Å². The van der Waals surface area contributed by atoms with Crippen LogP contribution in [0.25, 0.3) is 0 Å². The van der Waals surface area contributed by atoms with Gasteiger partial charge >= 0.3 is 0 Å². The van der Waals surface area contributed by atoms with Gasteiger partial charge in [-0.25, -0.2) is 0 Å². The Hall–Kier alpha value is -0.451. The predicted octanol–water partition coefficient (Wildman–Crippen LogP) is 3.30. The number of benzene rings is 2. The van der Waals surface area contributed by atoms with Crippen molar-refractivity contribution < 1.29 is 49.7 Å². The Morgan fingerprint density at radius 1 is 1.00 bits per heavy atom. The summed E-state index contributed by atoms with van der Waals surface area (Å²) in [7, 11) is -0.917. The molecule has 4 rings (SSSR count). The minimum atomic E-state index is -2.64. The number of fused-ring (bicyclic) bond motifs is 2. The Balaban J connectivity index is 0.00000256. The Kier molecular flexibility index (Phi) is 7.41. The van der Waals surface area contributed by atoms with Crippen LogP contribution in [0.15, 0.2) is 60.7 Å². The normalized spacial score (nSPS) is 28.4. The summed E-state index contributed by atoms with van der Waals surface area (Å²) >= 11 is 0. The molecule has 2 fully saturated rings. The van der Waals surface area contributed by atoms with Crippen LogP contribution in [0, 0.1) is 37.7 Å². The first kappa shape index (κ1) is 24.2. The molecule has 2 aromatic rings. The van der Waals surface area contributed by atoms with E-state index in [1.54, 1.807) is 13.7 Å². The maximum atomic E-state index is 7.11. The van der Waals surface area contributed by atoms with E-state index in [2.05, 4.69) is 81.4 Å². The molecule has 2 aliphatic rings. The molecule has 0 amide bonds. The van der Waals surface area contributed by atoms with Crippen LogP contribution in [-0.4, -0.2) is 45.9 Å². The number of hydrogen-bond acceptors (Lipinski definition) is 4. The third-order valence-electron chi connectivity index (χ3n) is 6.44. The van der Waals surface area contributed by atoms with Gasteiger partial charge in [-0.15, -0.1) is 0 Å². The number of rotatable bonds is 6. The zero-order chi connectivity index (χ0) is 20.7. The van der Waals surface area contributed by atoms with Crippen molar-refractivity contribution in [3.63, 3.8) is 0 Å². The molecule has 2 aromatic carbocycles. The van der Waals surface area contributed by atoms with Gasteiger partial charge in [0.1, 0.15) is 5.60 Å². The molecule has 4 nitrogen and oxygen atoms in total. The van der Waals surface area contributed by atoms with Crippen LogP contribution in [0.3, 0.4) is 0 Å². The second-order valence-electron chi connectivity index (χ2n) is 9.06. The fraction of sp³-hybridized carbons (Fsp3) is 0.458. The van der Waals surface area contributed by atoms with Gasteiger partial charge in [0.25, 0.3) is 8.32 Å². The molecule has 0 aliphatic carbocycles. The van der Waals surface area contributed by atoms with Crippen molar-refractivity contribution in [2.45, 2.75) is 56.6 Å². The van der Waals surface area contributed by atoms with Gasteiger partial charge in [0.15, 0.2) is 0 Å². The van der Waals surface area contributed by atoms with Gasteiger partial charge in [-0.3, -0.25) is 0 Å². The second kappa shape index (κ2) is 9.19.